The van der Waals surface area contributed by atoms with Gasteiger partial charge in [-0.1, -0.05) is 35.9 Å². The van der Waals surface area contributed by atoms with E-state index in [4.69, 9.17) is 11.6 Å². The molecule has 0 saturated heterocycles. The van der Waals surface area contributed by atoms with Crippen molar-refractivity contribution in [2.75, 3.05) is 0 Å². The molecule has 4 nitrogen and oxygen atoms in total. The van der Waals surface area contributed by atoms with Crippen molar-refractivity contribution in [3.8, 4) is 0 Å². The van der Waals surface area contributed by atoms with Crippen LogP contribution in [0.3, 0.4) is 0 Å². The summed E-state index contributed by atoms with van der Waals surface area (Å²) in [5.74, 6) is -0.591. The molecule has 0 radical (unpaired) electrons. The fourth-order valence-corrected chi connectivity index (χ4v) is 2.12. The zero-order valence-electron chi connectivity index (χ0n) is 10.3. The van der Waals surface area contributed by atoms with E-state index >= 15 is 0 Å². The quantitative estimate of drug-likeness (QED) is 0.691. The molecule has 0 aromatic heterocycles. The highest BCUT2D eigenvalue weighted by Crippen LogP contribution is 2.28. The van der Waals surface area contributed by atoms with E-state index in [9.17, 15) is 19.6 Å². The molecule has 20 heavy (non-hydrogen) atoms. The van der Waals surface area contributed by atoms with E-state index < -0.39 is 16.8 Å². The van der Waals surface area contributed by atoms with Crippen LogP contribution in [0.25, 0.3) is 0 Å². The highest BCUT2D eigenvalue weighted by Gasteiger charge is 2.15. The van der Waals surface area contributed by atoms with Gasteiger partial charge in [0.05, 0.1) is 16.0 Å². The van der Waals surface area contributed by atoms with Crippen LogP contribution in [-0.2, 0) is 6.42 Å². The van der Waals surface area contributed by atoms with Gasteiger partial charge in [-0.25, -0.2) is 4.39 Å². The van der Waals surface area contributed by atoms with Crippen molar-refractivity contribution < 1.29 is 14.4 Å². The second-order valence-corrected chi connectivity index (χ2v) is 4.66. The van der Waals surface area contributed by atoms with Gasteiger partial charge in [0.15, 0.2) is 0 Å². The molecule has 0 heterocycles. The van der Waals surface area contributed by atoms with Gasteiger partial charge in [-0.2, -0.15) is 0 Å². The fourth-order valence-electron chi connectivity index (χ4n) is 1.86. The molecule has 2 rings (SSSR count). The van der Waals surface area contributed by atoms with Crippen LogP contribution in [0.15, 0.2) is 42.5 Å². The smallest absolute Gasteiger partial charge is 0.269 e. The molecule has 1 atom stereocenters. The maximum Gasteiger partial charge on any atom is 0.269 e. The van der Waals surface area contributed by atoms with E-state index in [1.807, 2.05) is 0 Å². The van der Waals surface area contributed by atoms with E-state index in [2.05, 4.69) is 0 Å². The monoisotopic (exact) mass is 295 g/mol. The first-order valence-corrected chi connectivity index (χ1v) is 6.22. The van der Waals surface area contributed by atoms with Crippen LogP contribution in [0.5, 0.6) is 0 Å². The number of nitro benzene ring substituents is 1. The normalized spacial score (nSPS) is 12.2. The van der Waals surface area contributed by atoms with Gasteiger partial charge in [-0.3, -0.25) is 10.1 Å². The number of rotatable bonds is 4. The molecule has 0 spiro atoms. The standard InChI is InChI=1S/C14H11ClFNO3/c15-14-11(2-1-3-12(14)16)13(18)8-9-4-6-10(7-5-9)17(19)20/h1-7,13,18H,8H2. The third-order valence-electron chi connectivity index (χ3n) is 2.92. The minimum atomic E-state index is -0.973. The fraction of sp³-hybridized carbons (Fsp3) is 0.143. The van der Waals surface area contributed by atoms with Crippen LogP contribution in [0.4, 0.5) is 10.1 Å². The van der Waals surface area contributed by atoms with Crippen LogP contribution < -0.4 is 0 Å². The molecule has 104 valence electrons. The Morgan fingerprint density at radius 3 is 2.50 bits per heavy atom. The summed E-state index contributed by atoms with van der Waals surface area (Å²) in [7, 11) is 0. The van der Waals surface area contributed by atoms with Gasteiger partial charge in [0, 0.05) is 24.1 Å². The number of non-ortho nitro benzene ring substituents is 1. The molecule has 2 aromatic rings. The summed E-state index contributed by atoms with van der Waals surface area (Å²) in [4.78, 5) is 10.0. The molecular formula is C14H11ClFNO3. The minimum Gasteiger partial charge on any atom is -0.388 e. The Morgan fingerprint density at radius 2 is 1.90 bits per heavy atom. The van der Waals surface area contributed by atoms with Gasteiger partial charge in [0.1, 0.15) is 5.82 Å². The van der Waals surface area contributed by atoms with Gasteiger partial charge >= 0.3 is 0 Å². The Morgan fingerprint density at radius 1 is 1.25 bits per heavy atom. The summed E-state index contributed by atoms with van der Waals surface area (Å²) in [6.45, 7) is 0. The van der Waals surface area contributed by atoms with Crippen molar-refractivity contribution in [3.05, 3.63) is 74.5 Å². The molecule has 0 aliphatic heterocycles. The molecule has 1 N–H and O–H groups in total. The summed E-state index contributed by atoms with van der Waals surface area (Å²) < 4.78 is 13.3. The topological polar surface area (TPSA) is 63.4 Å². The Kier molecular flexibility index (Phi) is 4.32. The van der Waals surface area contributed by atoms with Gasteiger partial charge < -0.3 is 5.11 Å². The molecular weight excluding hydrogens is 285 g/mol. The van der Waals surface area contributed by atoms with Crippen molar-refractivity contribution in [1.82, 2.24) is 0 Å². The molecule has 6 heteroatoms. The summed E-state index contributed by atoms with van der Waals surface area (Å²) in [6, 6.07) is 10.0. The third kappa shape index (κ3) is 3.12. The number of aliphatic hydroxyl groups is 1. The number of nitrogens with zero attached hydrogens (tertiary/aromatic N) is 1. The summed E-state index contributed by atoms with van der Waals surface area (Å²) in [6.07, 6.45) is -0.777. The third-order valence-corrected chi connectivity index (χ3v) is 3.32. The maximum atomic E-state index is 13.3. The first-order chi connectivity index (χ1) is 9.49. The van der Waals surface area contributed by atoms with Crippen molar-refractivity contribution in [2.45, 2.75) is 12.5 Å². The maximum absolute atomic E-state index is 13.3. The second-order valence-electron chi connectivity index (χ2n) is 4.29. The lowest BCUT2D eigenvalue weighted by Crippen LogP contribution is -2.03. The van der Waals surface area contributed by atoms with Crippen molar-refractivity contribution >= 4 is 17.3 Å². The van der Waals surface area contributed by atoms with Gasteiger partial charge in [0.2, 0.25) is 0 Å². The first-order valence-electron chi connectivity index (χ1n) is 5.84. The molecule has 0 amide bonds. The number of aliphatic hydroxyl groups excluding tert-OH is 1. The lowest BCUT2D eigenvalue weighted by Gasteiger charge is -2.13. The van der Waals surface area contributed by atoms with E-state index in [1.54, 1.807) is 18.2 Å². The molecule has 0 fully saturated rings. The van der Waals surface area contributed by atoms with Gasteiger partial charge in [-0.05, 0) is 11.6 Å². The zero-order chi connectivity index (χ0) is 14.7. The largest absolute Gasteiger partial charge is 0.388 e. The average molecular weight is 296 g/mol. The number of hydrogen-bond acceptors (Lipinski definition) is 3. The highest BCUT2D eigenvalue weighted by atomic mass is 35.5. The lowest BCUT2D eigenvalue weighted by molar-refractivity contribution is -0.384. The molecule has 2 aromatic carbocycles. The van der Waals surface area contributed by atoms with E-state index in [0.29, 0.717) is 11.1 Å². The zero-order valence-corrected chi connectivity index (χ0v) is 11.0. The van der Waals surface area contributed by atoms with Crippen LogP contribution in [0, 0.1) is 15.9 Å². The van der Waals surface area contributed by atoms with Gasteiger partial charge in [-0.15, -0.1) is 0 Å². The Balaban J connectivity index is 2.17. The number of benzene rings is 2. The van der Waals surface area contributed by atoms with Crippen LogP contribution in [-0.4, -0.2) is 10.0 Å². The Labute approximate surface area is 119 Å². The van der Waals surface area contributed by atoms with Crippen LogP contribution >= 0.6 is 11.6 Å². The molecule has 0 aliphatic carbocycles. The number of halogens is 2. The SMILES string of the molecule is O=[N+]([O-])c1ccc(CC(O)c2cccc(F)c2Cl)cc1. The van der Waals surface area contributed by atoms with Crippen LogP contribution in [0.1, 0.15) is 17.2 Å². The highest BCUT2D eigenvalue weighted by molar-refractivity contribution is 6.31. The predicted molar refractivity (Wildman–Crippen MR) is 73.2 cm³/mol. The number of nitro groups is 1. The molecule has 1 unspecified atom stereocenters. The summed E-state index contributed by atoms with van der Waals surface area (Å²) in [5.41, 5.74) is 0.973. The first kappa shape index (κ1) is 14.4. The predicted octanol–water partition coefficient (Wildman–Crippen LogP) is 3.66. The Bertz CT molecular complexity index is 631. The van der Waals surface area contributed by atoms with E-state index in [0.717, 1.165) is 0 Å². The Hall–Kier alpha value is -1.98. The van der Waals surface area contributed by atoms with Crippen molar-refractivity contribution in [1.29, 1.82) is 0 Å². The van der Waals surface area contributed by atoms with Gasteiger partial charge in [0.25, 0.3) is 5.69 Å². The van der Waals surface area contributed by atoms with E-state index in [-0.39, 0.29) is 17.1 Å². The van der Waals surface area contributed by atoms with Crippen molar-refractivity contribution in [3.63, 3.8) is 0 Å². The second kappa shape index (κ2) is 5.98. The molecule has 0 aliphatic rings. The molecule has 0 bridgehead atoms. The lowest BCUT2D eigenvalue weighted by atomic mass is 10.0. The van der Waals surface area contributed by atoms with E-state index in [1.165, 1.54) is 24.3 Å². The summed E-state index contributed by atoms with van der Waals surface area (Å²) in [5, 5.41) is 20.5. The number of hydrogen-bond donors (Lipinski definition) is 1. The summed E-state index contributed by atoms with van der Waals surface area (Å²) >= 11 is 5.80. The van der Waals surface area contributed by atoms with Crippen molar-refractivity contribution in [2.24, 2.45) is 0 Å². The van der Waals surface area contributed by atoms with Crippen LogP contribution in [0.2, 0.25) is 5.02 Å². The minimum absolute atomic E-state index is 0.0213. The average Bonchev–Trinajstić information content (AvgIpc) is 2.42. The molecule has 0 saturated carbocycles.